The Balaban J connectivity index is 3.82. The molecule has 0 bridgehead atoms. The minimum absolute atomic E-state index is 1.00. The number of hydrogen-bond donors (Lipinski definition) is 0. The summed E-state index contributed by atoms with van der Waals surface area (Å²) in [6.07, 6.45) is 37.8. The van der Waals surface area contributed by atoms with Crippen molar-refractivity contribution in [1.29, 1.82) is 0 Å². The molecule has 0 radical (unpaired) electrons. The standard InChI is InChI=1S/C28H48/c1-5-9-11-13-15-17-19-21-23-25-27(7-3)28(8-4)26-24-22-20-18-16-14-12-10-6-2/h3-4H,5-6,9-26H2,1-2H3/b28-27+. The molecule has 0 saturated heterocycles. The van der Waals surface area contributed by atoms with Crippen LogP contribution in [0, 0.1) is 24.7 Å². The number of allylic oxidation sites excluding steroid dienone is 2. The highest BCUT2D eigenvalue weighted by molar-refractivity contribution is 5.40. The van der Waals surface area contributed by atoms with E-state index in [2.05, 4.69) is 25.7 Å². The maximum absolute atomic E-state index is 5.76. The summed E-state index contributed by atoms with van der Waals surface area (Å²) >= 11 is 0. The third-order valence-corrected chi connectivity index (χ3v) is 5.77. The first-order chi connectivity index (χ1) is 13.8. The molecule has 0 heterocycles. The fourth-order valence-electron chi connectivity index (χ4n) is 3.85. The van der Waals surface area contributed by atoms with Gasteiger partial charge in [0.05, 0.1) is 0 Å². The molecule has 0 nitrogen and oxygen atoms in total. The van der Waals surface area contributed by atoms with Gasteiger partial charge >= 0.3 is 0 Å². The van der Waals surface area contributed by atoms with Gasteiger partial charge in [-0.15, -0.1) is 12.8 Å². The number of terminal acetylenes is 2. The van der Waals surface area contributed by atoms with Crippen LogP contribution in [-0.4, -0.2) is 0 Å². The summed E-state index contributed by atoms with van der Waals surface area (Å²) in [6.45, 7) is 4.55. The van der Waals surface area contributed by atoms with Crippen LogP contribution in [0.4, 0.5) is 0 Å². The Hall–Kier alpha value is -1.14. The molecule has 0 aromatic rings. The predicted octanol–water partition coefficient (Wildman–Crippen LogP) is 9.39. The zero-order valence-electron chi connectivity index (χ0n) is 19.3. The van der Waals surface area contributed by atoms with Crippen LogP contribution in [0.1, 0.15) is 142 Å². The lowest BCUT2D eigenvalue weighted by Gasteiger charge is -2.07. The first-order valence-corrected chi connectivity index (χ1v) is 12.4. The summed E-state index contributed by atoms with van der Waals surface area (Å²) in [5.74, 6) is 5.79. The summed E-state index contributed by atoms with van der Waals surface area (Å²) in [7, 11) is 0. The van der Waals surface area contributed by atoms with E-state index in [9.17, 15) is 0 Å². The first kappa shape index (κ1) is 26.9. The number of unbranched alkanes of at least 4 members (excludes halogenated alkanes) is 16. The Bertz CT molecular complexity index is 398. The van der Waals surface area contributed by atoms with Crippen molar-refractivity contribution in [1.82, 2.24) is 0 Å². The molecule has 0 atom stereocenters. The summed E-state index contributed by atoms with van der Waals surface area (Å²) < 4.78 is 0. The van der Waals surface area contributed by atoms with E-state index in [0.717, 1.165) is 24.0 Å². The van der Waals surface area contributed by atoms with E-state index in [1.807, 2.05) is 0 Å². The van der Waals surface area contributed by atoms with Crippen molar-refractivity contribution in [2.75, 3.05) is 0 Å². The van der Waals surface area contributed by atoms with Crippen LogP contribution in [0.15, 0.2) is 11.1 Å². The molecule has 0 spiro atoms. The fraction of sp³-hybridized carbons (Fsp3) is 0.786. The van der Waals surface area contributed by atoms with Crippen molar-refractivity contribution in [3.63, 3.8) is 0 Å². The second kappa shape index (κ2) is 22.2. The van der Waals surface area contributed by atoms with Gasteiger partial charge in [0.25, 0.3) is 0 Å². The zero-order chi connectivity index (χ0) is 20.7. The predicted molar refractivity (Wildman–Crippen MR) is 128 cm³/mol. The third-order valence-electron chi connectivity index (χ3n) is 5.77. The van der Waals surface area contributed by atoms with Gasteiger partial charge in [-0.3, -0.25) is 0 Å². The minimum atomic E-state index is 1.00. The van der Waals surface area contributed by atoms with Gasteiger partial charge in [-0.2, -0.15) is 0 Å². The molecule has 0 aliphatic carbocycles. The monoisotopic (exact) mass is 384 g/mol. The Morgan fingerprint density at radius 3 is 0.929 bits per heavy atom. The van der Waals surface area contributed by atoms with E-state index >= 15 is 0 Å². The van der Waals surface area contributed by atoms with Gasteiger partial charge in [0.1, 0.15) is 0 Å². The van der Waals surface area contributed by atoms with Crippen LogP contribution < -0.4 is 0 Å². The lowest BCUT2D eigenvalue weighted by molar-refractivity contribution is 0.562. The van der Waals surface area contributed by atoms with Crippen molar-refractivity contribution < 1.29 is 0 Å². The maximum Gasteiger partial charge on any atom is 0.0133 e. The van der Waals surface area contributed by atoms with Gasteiger partial charge in [0.2, 0.25) is 0 Å². The molecule has 0 heteroatoms. The summed E-state index contributed by atoms with van der Waals surface area (Å²) in [4.78, 5) is 0. The third kappa shape index (κ3) is 17.0. The number of hydrogen-bond acceptors (Lipinski definition) is 0. The SMILES string of the molecule is C#C/C(CCCCCCCCCCC)=C(/C#C)CCCCCCCCCCC. The molecule has 160 valence electrons. The van der Waals surface area contributed by atoms with Gasteiger partial charge in [0.15, 0.2) is 0 Å². The molecule has 0 aromatic heterocycles. The average molecular weight is 385 g/mol. The molecule has 0 amide bonds. The van der Waals surface area contributed by atoms with Crippen LogP contribution in [0.5, 0.6) is 0 Å². The molecule has 0 rings (SSSR count). The Labute approximate surface area is 178 Å². The van der Waals surface area contributed by atoms with Gasteiger partial charge in [-0.25, -0.2) is 0 Å². The van der Waals surface area contributed by atoms with Crippen LogP contribution in [0.2, 0.25) is 0 Å². The summed E-state index contributed by atoms with van der Waals surface area (Å²) in [6, 6.07) is 0. The van der Waals surface area contributed by atoms with Crippen molar-refractivity contribution in [3.8, 4) is 24.7 Å². The molecule has 0 saturated carbocycles. The molecule has 0 fully saturated rings. The molecule has 0 aromatic carbocycles. The van der Waals surface area contributed by atoms with Crippen molar-refractivity contribution in [2.24, 2.45) is 0 Å². The van der Waals surface area contributed by atoms with E-state index in [-0.39, 0.29) is 0 Å². The summed E-state index contributed by atoms with van der Waals surface area (Å²) in [5, 5.41) is 0. The normalized spacial score (nSPS) is 11.7. The quantitative estimate of drug-likeness (QED) is 0.145. The number of rotatable bonds is 20. The highest BCUT2D eigenvalue weighted by atomic mass is 14.1. The van der Waals surface area contributed by atoms with Gasteiger partial charge in [-0.05, 0) is 25.7 Å². The van der Waals surface area contributed by atoms with E-state index in [4.69, 9.17) is 12.8 Å². The molecule has 28 heavy (non-hydrogen) atoms. The first-order valence-electron chi connectivity index (χ1n) is 12.4. The van der Waals surface area contributed by atoms with Gasteiger partial charge in [0, 0.05) is 11.1 Å². The smallest absolute Gasteiger partial charge is 0.0133 e. The van der Waals surface area contributed by atoms with E-state index in [0.29, 0.717) is 0 Å². The van der Waals surface area contributed by atoms with Crippen molar-refractivity contribution in [2.45, 2.75) is 142 Å². The van der Waals surface area contributed by atoms with Gasteiger partial charge < -0.3 is 0 Å². The Kier molecular flexibility index (Phi) is 21.3. The second-order valence-electron chi connectivity index (χ2n) is 8.40. The highest BCUT2D eigenvalue weighted by Gasteiger charge is 2.03. The van der Waals surface area contributed by atoms with Crippen LogP contribution >= 0.6 is 0 Å². The van der Waals surface area contributed by atoms with E-state index in [1.54, 1.807) is 0 Å². The lowest BCUT2D eigenvalue weighted by Crippen LogP contribution is -1.91. The lowest BCUT2D eigenvalue weighted by atomic mass is 9.97. The minimum Gasteiger partial charge on any atom is -0.115 e. The topological polar surface area (TPSA) is 0 Å². The largest absolute Gasteiger partial charge is 0.115 e. The fourth-order valence-corrected chi connectivity index (χ4v) is 3.85. The maximum atomic E-state index is 5.76. The Morgan fingerprint density at radius 2 is 0.679 bits per heavy atom. The molecule has 0 unspecified atom stereocenters. The molecular formula is C28H48. The van der Waals surface area contributed by atoms with Gasteiger partial charge in [-0.1, -0.05) is 128 Å². The van der Waals surface area contributed by atoms with E-state index < -0.39 is 0 Å². The molecule has 0 aliphatic heterocycles. The molecule has 0 N–H and O–H groups in total. The Morgan fingerprint density at radius 1 is 0.429 bits per heavy atom. The second-order valence-corrected chi connectivity index (χ2v) is 8.40. The summed E-state index contributed by atoms with van der Waals surface area (Å²) in [5.41, 5.74) is 2.20. The molecular weight excluding hydrogens is 336 g/mol. The van der Waals surface area contributed by atoms with Crippen LogP contribution in [0.25, 0.3) is 0 Å². The van der Waals surface area contributed by atoms with E-state index in [1.165, 1.54) is 116 Å². The average Bonchev–Trinajstić information content (AvgIpc) is 2.72. The molecule has 0 aliphatic rings. The van der Waals surface area contributed by atoms with Crippen LogP contribution in [-0.2, 0) is 0 Å². The van der Waals surface area contributed by atoms with Crippen molar-refractivity contribution >= 4 is 0 Å². The van der Waals surface area contributed by atoms with Crippen LogP contribution in [0.3, 0.4) is 0 Å². The zero-order valence-corrected chi connectivity index (χ0v) is 19.3. The highest BCUT2D eigenvalue weighted by Crippen LogP contribution is 2.20. The van der Waals surface area contributed by atoms with Crippen molar-refractivity contribution in [3.05, 3.63) is 11.1 Å².